The molecular weight excluding hydrogens is 351 g/mol. The number of fused-ring (bicyclic) bond motifs is 1. The Morgan fingerprint density at radius 2 is 1.92 bits per heavy atom. The number of methoxy groups -OCH3 is 1. The van der Waals surface area contributed by atoms with Gasteiger partial charge in [0.15, 0.2) is 0 Å². The van der Waals surface area contributed by atoms with E-state index in [1.54, 1.807) is 34.9 Å². The first-order chi connectivity index (χ1) is 11.5. The summed E-state index contributed by atoms with van der Waals surface area (Å²) in [5, 5.41) is 0. The van der Waals surface area contributed by atoms with E-state index in [0.717, 1.165) is 11.3 Å². The quantitative estimate of drug-likeness (QED) is 0.698. The van der Waals surface area contributed by atoms with E-state index < -0.39 is 15.8 Å². The van der Waals surface area contributed by atoms with E-state index in [2.05, 4.69) is 4.40 Å². The Morgan fingerprint density at radius 1 is 1.17 bits per heavy atom. The fraction of sp³-hybridized carbons (Fsp3) is 0.188. The van der Waals surface area contributed by atoms with Crippen LogP contribution in [-0.2, 0) is 21.3 Å². The Bertz CT molecular complexity index is 1020. The van der Waals surface area contributed by atoms with Crippen molar-refractivity contribution in [1.82, 2.24) is 4.57 Å². The first-order valence-electron chi connectivity index (χ1n) is 7.16. The van der Waals surface area contributed by atoms with Gasteiger partial charge in [0.1, 0.15) is 5.82 Å². The molecule has 1 aromatic heterocycles. The monoisotopic (exact) mass is 366 g/mol. The van der Waals surface area contributed by atoms with Crippen LogP contribution in [0.3, 0.4) is 0 Å². The summed E-state index contributed by atoms with van der Waals surface area (Å²) in [5.74, 6) is -0.418. The van der Waals surface area contributed by atoms with Gasteiger partial charge in [-0.15, -0.1) is 4.40 Å². The second kappa shape index (κ2) is 6.84. The van der Waals surface area contributed by atoms with Gasteiger partial charge in [-0.2, -0.15) is 8.42 Å². The molecule has 0 N–H and O–H groups in total. The first-order valence-corrected chi connectivity index (χ1v) is 9.41. The molecule has 0 aliphatic carbocycles. The minimum absolute atomic E-state index is 0.0984. The average molecular weight is 366 g/mol. The predicted octanol–water partition coefficient (Wildman–Crippen LogP) is 2.78. The summed E-state index contributed by atoms with van der Waals surface area (Å²) < 4.78 is 50.3. The summed E-state index contributed by atoms with van der Waals surface area (Å²) in [6.45, 7) is 0.624. The number of ether oxygens (including phenoxy) is 1. The second-order valence-corrected chi connectivity index (χ2v) is 7.61. The number of nitrogens with zero attached hydrogens (tertiary/aromatic N) is 2. The van der Waals surface area contributed by atoms with E-state index in [0.29, 0.717) is 23.4 Å². The molecule has 0 atom stereocenters. The van der Waals surface area contributed by atoms with E-state index >= 15 is 0 Å². The summed E-state index contributed by atoms with van der Waals surface area (Å²) in [6, 6.07) is 12.6. The van der Waals surface area contributed by atoms with E-state index in [1.165, 1.54) is 25.3 Å². The molecule has 0 fully saturated rings. The fourth-order valence-electron chi connectivity index (χ4n) is 2.29. The molecular formula is C16H15FN2O3S2. The maximum atomic E-state index is 14.2. The van der Waals surface area contributed by atoms with Crippen molar-refractivity contribution < 1.29 is 17.5 Å². The number of benzene rings is 2. The van der Waals surface area contributed by atoms with Gasteiger partial charge in [0.25, 0.3) is 10.0 Å². The van der Waals surface area contributed by atoms with Gasteiger partial charge in [-0.3, -0.25) is 0 Å². The lowest BCUT2D eigenvalue weighted by Crippen LogP contribution is -2.20. The van der Waals surface area contributed by atoms with E-state index in [-0.39, 0.29) is 9.70 Å². The summed E-state index contributed by atoms with van der Waals surface area (Å²) in [5.41, 5.74) is 0.335. The molecule has 3 rings (SSSR count). The normalized spacial score (nSPS) is 12.8. The third-order valence-electron chi connectivity index (χ3n) is 3.41. The van der Waals surface area contributed by atoms with E-state index in [1.807, 2.05) is 0 Å². The molecule has 2 aromatic carbocycles. The Morgan fingerprint density at radius 3 is 2.62 bits per heavy atom. The lowest BCUT2D eigenvalue weighted by atomic mass is 10.3. The maximum absolute atomic E-state index is 14.2. The predicted molar refractivity (Wildman–Crippen MR) is 90.8 cm³/mol. The van der Waals surface area contributed by atoms with Gasteiger partial charge in [-0.1, -0.05) is 35.6 Å². The largest absolute Gasteiger partial charge is 0.383 e. The molecule has 24 heavy (non-hydrogen) atoms. The highest BCUT2D eigenvalue weighted by molar-refractivity contribution is 7.90. The molecule has 0 saturated heterocycles. The molecule has 0 unspecified atom stereocenters. The van der Waals surface area contributed by atoms with Gasteiger partial charge in [-0.05, 0) is 24.3 Å². The third kappa shape index (κ3) is 3.26. The molecule has 8 heteroatoms. The van der Waals surface area contributed by atoms with Gasteiger partial charge in [-0.25, -0.2) is 4.39 Å². The van der Waals surface area contributed by atoms with E-state index in [4.69, 9.17) is 4.74 Å². The van der Waals surface area contributed by atoms with E-state index in [9.17, 15) is 12.8 Å². The number of sulfonamides is 1. The molecule has 0 radical (unpaired) electrons. The van der Waals surface area contributed by atoms with Gasteiger partial charge in [0.05, 0.1) is 21.7 Å². The minimum atomic E-state index is -3.87. The lowest BCUT2D eigenvalue weighted by Gasteiger charge is -2.05. The Hall–Kier alpha value is -2.03. The molecule has 0 aliphatic rings. The number of hydrogen-bond donors (Lipinski definition) is 0. The van der Waals surface area contributed by atoms with Crippen molar-refractivity contribution in [3.05, 3.63) is 59.1 Å². The molecule has 0 aliphatic heterocycles. The molecule has 1 heterocycles. The Kier molecular flexibility index (Phi) is 4.79. The second-order valence-electron chi connectivity index (χ2n) is 5.00. The van der Waals surface area contributed by atoms with Crippen molar-refractivity contribution in [3.63, 3.8) is 0 Å². The summed E-state index contributed by atoms with van der Waals surface area (Å²) >= 11 is 1.13. The average Bonchev–Trinajstić information content (AvgIpc) is 2.91. The van der Waals surface area contributed by atoms with Gasteiger partial charge < -0.3 is 9.30 Å². The maximum Gasteiger partial charge on any atom is 0.285 e. The van der Waals surface area contributed by atoms with Gasteiger partial charge >= 0.3 is 0 Å². The zero-order valence-electron chi connectivity index (χ0n) is 12.8. The number of hydrogen-bond acceptors (Lipinski definition) is 4. The van der Waals surface area contributed by atoms with Crippen LogP contribution in [-0.4, -0.2) is 26.7 Å². The lowest BCUT2D eigenvalue weighted by molar-refractivity contribution is 0.187. The van der Waals surface area contributed by atoms with Crippen LogP contribution < -0.4 is 4.80 Å². The molecule has 3 aromatic rings. The first kappa shape index (κ1) is 16.8. The highest BCUT2D eigenvalue weighted by Gasteiger charge is 2.15. The zero-order valence-corrected chi connectivity index (χ0v) is 14.5. The van der Waals surface area contributed by atoms with Crippen molar-refractivity contribution in [2.75, 3.05) is 13.7 Å². The number of para-hydroxylation sites is 1. The molecule has 0 spiro atoms. The number of aromatic nitrogens is 1. The highest BCUT2D eigenvalue weighted by Crippen LogP contribution is 2.21. The fourth-order valence-corrected chi connectivity index (χ4v) is 4.59. The number of rotatable bonds is 5. The van der Waals surface area contributed by atoms with Crippen LogP contribution in [0.15, 0.2) is 57.8 Å². The highest BCUT2D eigenvalue weighted by atomic mass is 32.2. The van der Waals surface area contributed by atoms with Crippen molar-refractivity contribution in [2.45, 2.75) is 11.4 Å². The van der Waals surface area contributed by atoms with Crippen LogP contribution in [0.25, 0.3) is 10.2 Å². The van der Waals surface area contributed by atoms with Gasteiger partial charge in [0, 0.05) is 13.7 Å². The summed E-state index contributed by atoms with van der Waals surface area (Å²) in [4.78, 5) is 0.317. The van der Waals surface area contributed by atoms with Crippen molar-refractivity contribution in [1.29, 1.82) is 0 Å². The van der Waals surface area contributed by atoms with Crippen molar-refractivity contribution in [3.8, 4) is 0 Å². The third-order valence-corrected chi connectivity index (χ3v) is 5.85. The van der Waals surface area contributed by atoms with Crippen LogP contribution in [0.1, 0.15) is 0 Å². The Balaban J connectivity index is 2.24. The standard InChI is InChI=1S/C16H15FN2O3S2/c1-22-11-10-19-15-13(17)8-5-9-14(15)23-16(19)18-24(20,21)12-6-3-2-4-7-12/h2-9H,10-11H2,1H3/b18-16-. The van der Waals surface area contributed by atoms with Gasteiger partial charge in [0.2, 0.25) is 4.80 Å². The molecule has 0 amide bonds. The SMILES string of the molecule is COCCn1/c(=N/S(=O)(=O)c2ccccc2)sc2cccc(F)c21. The Labute approximate surface area is 142 Å². The summed E-state index contributed by atoms with van der Waals surface area (Å²) in [7, 11) is -2.34. The van der Waals surface area contributed by atoms with Crippen LogP contribution in [0.2, 0.25) is 0 Å². The molecule has 126 valence electrons. The summed E-state index contributed by atoms with van der Waals surface area (Å²) in [6.07, 6.45) is 0. The zero-order chi connectivity index (χ0) is 17.2. The van der Waals surface area contributed by atoms with Crippen LogP contribution in [0.5, 0.6) is 0 Å². The molecule has 0 bridgehead atoms. The minimum Gasteiger partial charge on any atom is -0.383 e. The smallest absolute Gasteiger partial charge is 0.285 e. The topological polar surface area (TPSA) is 60.7 Å². The van der Waals surface area contributed by atoms with Crippen LogP contribution >= 0.6 is 11.3 Å². The van der Waals surface area contributed by atoms with Crippen LogP contribution in [0.4, 0.5) is 4.39 Å². The molecule has 5 nitrogen and oxygen atoms in total. The van der Waals surface area contributed by atoms with Crippen molar-refractivity contribution >= 4 is 31.6 Å². The molecule has 0 saturated carbocycles. The van der Waals surface area contributed by atoms with Crippen LogP contribution in [0, 0.1) is 5.82 Å². The van der Waals surface area contributed by atoms with Crippen molar-refractivity contribution in [2.24, 2.45) is 4.40 Å². The number of thiazole rings is 1. The number of halogens is 1.